The van der Waals surface area contributed by atoms with Crippen LogP contribution in [0.1, 0.15) is 92.3 Å². The van der Waals surface area contributed by atoms with Crippen LogP contribution in [0.4, 0.5) is 4.79 Å². The minimum atomic E-state index is -1.14. The first-order valence-corrected chi connectivity index (χ1v) is 12.2. The summed E-state index contributed by atoms with van der Waals surface area (Å²) in [7, 11) is 0. The van der Waals surface area contributed by atoms with Gasteiger partial charge in [-0.1, -0.05) is 29.8 Å². The molecule has 4 N–H and O–H groups in total. The lowest BCUT2D eigenvalue weighted by Crippen LogP contribution is -2.59. The Bertz CT molecular complexity index is 937. The molecular formula is C27H44N4O5. The van der Waals surface area contributed by atoms with Gasteiger partial charge in [-0.25, -0.2) is 4.79 Å². The van der Waals surface area contributed by atoms with Crippen molar-refractivity contribution in [2.24, 2.45) is 5.73 Å². The van der Waals surface area contributed by atoms with Gasteiger partial charge >= 0.3 is 6.09 Å². The molecule has 4 amide bonds. The summed E-state index contributed by atoms with van der Waals surface area (Å²) < 4.78 is 5.35. The molecule has 36 heavy (non-hydrogen) atoms. The highest BCUT2D eigenvalue weighted by molar-refractivity contribution is 5.93. The zero-order valence-electron chi connectivity index (χ0n) is 23.4. The van der Waals surface area contributed by atoms with E-state index >= 15 is 0 Å². The molecular weight excluding hydrogens is 460 g/mol. The number of alkyl carbamates (subject to hydrolysis) is 1. The van der Waals surface area contributed by atoms with Crippen LogP contribution < -0.4 is 16.4 Å². The van der Waals surface area contributed by atoms with Gasteiger partial charge < -0.3 is 26.0 Å². The summed E-state index contributed by atoms with van der Waals surface area (Å²) >= 11 is 0. The van der Waals surface area contributed by atoms with E-state index in [0.717, 1.165) is 5.56 Å². The highest BCUT2D eigenvalue weighted by Crippen LogP contribution is 2.31. The van der Waals surface area contributed by atoms with E-state index in [0.29, 0.717) is 5.56 Å². The second kappa shape index (κ2) is 11.8. The molecule has 1 aromatic carbocycles. The number of carbonyl (C=O) groups excluding carboxylic acids is 4. The summed E-state index contributed by atoms with van der Waals surface area (Å²) in [5.74, 6) is -1.49. The van der Waals surface area contributed by atoms with E-state index in [1.807, 2.05) is 72.7 Å². The predicted molar refractivity (Wildman–Crippen MR) is 140 cm³/mol. The maximum atomic E-state index is 14.1. The van der Waals surface area contributed by atoms with E-state index in [1.165, 1.54) is 4.90 Å². The average molecular weight is 505 g/mol. The van der Waals surface area contributed by atoms with E-state index in [1.54, 1.807) is 20.8 Å². The number of ether oxygens (including phenoxy) is 1. The van der Waals surface area contributed by atoms with Gasteiger partial charge in [0.25, 0.3) is 0 Å². The summed E-state index contributed by atoms with van der Waals surface area (Å²) in [6, 6.07) is 5.25. The number of carbonyl (C=O) groups is 4. The fourth-order valence-electron chi connectivity index (χ4n) is 3.61. The molecule has 0 radical (unpaired) electrons. The van der Waals surface area contributed by atoms with Gasteiger partial charge in [0.05, 0.1) is 0 Å². The first-order chi connectivity index (χ1) is 16.2. The van der Waals surface area contributed by atoms with Crippen molar-refractivity contribution < 1.29 is 23.9 Å². The summed E-state index contributed by atoms with van der Waals surface area (Å²) in [6.45, 7) is 18.1. The Hall–Kier alpha value is -3.10. The maximum Gasteiger partial charge on any atom is 0.408 e. The molecule has 202 valence electrons. The molecule has 0 bridgehead atoms. The van der Waals surface area contributed by atoms with E-state index in [2.05, 4.69) is 10.6 Å². The molecule has 0 heterocycles. The number of nitrogens with one attached hydrogen (secondary N) is 2. The fourth-order valence-corrected chi connectivity index (χ4v) is 3.61. The van der Waals surface area contributed by atoms with Crippen molar-refractivity contribution in [3.63, 3.8) is 0 Å². The van der Waals surface area contributed by atoms with Crippen molar-refractivity contribution in [3.8, 4) is 0 Å². The highest BCUT2D eigenvalue weighted by Gasteiger charge is 2.42. The quantitative estimate of drug-likeness (QED) is 0.496. The van der Waals surface area contributed by atoms with Crippen LogP contribution in [0.15, 0.2) is 24.3 Å². The molecule has 0 saturated heterocycles. The van der Waals surface area contributed by atoms with Gasteiger partial charge in [0.1, 0.15) is 17.7 Å². The zero-order chi connectivity index (χ0) is 28.1. The number of rotatable bonds is 8. The van der Waals surface area contributed by atoms with Crippen LogP contribution in [0, 0.1) is 6.92 Å². The number of primary amides is 1. The zero-order valence-corrected chi connectivity index (χ0v) is 23.4. The Balaban J connectivity index is 3.59. The van der Waals surface area contributed by atoms with Crippen LogP contribution >= 0.6 is 0 Å². The van der Waals surface area contributed by atoms with Crippen molar-refractivity contribution in [1.29, 1.82) is 0 Å². The third-order valence-corrected chi connectivity index (χ3v) is 5.03. The average Bonchev–Trinajstić information content (AvgIpc) is 2.65. The second-order valence-corrected chi connectivity index (χ2v) is 12.1. The minimum Gasteiger partial charge on any atom is -0.444 e. The summed E-state index contributed by atoms with van der Waals surface area (Å²) in [6.07, 6.45) is -0.972. The predicted octanol–water partition coefficient (Wildman–Crippen LogP) is 3.74. The smallest absolute Gasteiger partial charge is 0.408 e. The van der Waals surface area contributed by atoms with E-state index < -0.39 is 46.7 Å². The van der Waals surface area contributed by atoms with Gasteiger partial charge in [-0.2, -0.15) is 0 Å². The monoisotopic (exact) mass is 504 g/mol. The number of nitrogens with two attached hydrogens (primary N) is 1. The number of hydrogen-bond donors (Lipinski definition) is 3. The normalized spacial score (nSPS) is 13.8. The largest absolute Gasteiger partial charge is 0.444 e. The number of benzene rings is 1. The standard InChI is InChI=1S/C27H44N4O5/c1-17-11-13-18(14-12-17)21(22(33)30-25(2,3)4)31(26(5,6)7)23(34)19(15-16-20(28)32)29-24(35)36-27(8,9)10/h11-14,19,21H,15-16H2,1-10H3,(H2,28,32)(H,29,35)(H,30,33). The third-order valence-electron chi connectivity index (χ3n) is 5.03. The molecule has 0 aliphatic heterocycles. The fraction of sp³-hybridized carbons (Fsp3) is 0.630. The lowest BCUT2D eigenvalue weighted by Gasteiger charge is -2.43. The Morgan fingerprint density at radius 2 is 1.47 bits per heavy atom. The van der Waals surface area contributed by atoms with Gasteiger partial charge in [-0.3, -0.25) is 14.4 Å². The summed E-state index contributed by atoms with van der Waals surface area (Å²) in [5, 5.41) is 5.57. The highest BCUT2D eigenvalue weighted by atomic mass is 16.6. The van der Waals surface area contributed by atoms with E-state index in [9.17, 15) is 19.2 Å². The second-order valence-electron chi connectivity index (χ2n) is 12.1. The lowest BCUT2D eigenvalue weighted by molar-refractivity contribution is -0.149. The number of aryl methyl sites for hydroxylation is 1. The Morgan fingerprint density at radius 1 is 0.944 bits per heavy atom. The summed E-state index contributed by atoms with van der Waals surface area (Å²) in [5.41, 5.74) is 4.81. The molecule has 0 saturated carbocycles. The molecule has 2 unspecified atom stereocenters. The van der Waals surface area contributed by atoms with Crippen LogP contribution in [0.25, 0.3) is 0 Å². The van der Waals surface area contributed by atoms with Crippen molar-refractivity contribution in [2.75, 3.05) is 0 Å². The minimum absolute atomic E-state index is 0.0402. The van der Waals surface area contributed by atoms with Gasteiger partial charge in [0.15, 0.2) is 0 Å². The van der Waals surface area contributed by atoms with Gasteiger partial charge in [-0.15, -0.1) is 0 Å². The maximum absolute atomic E-state index is 14.1. The molecule has 1 aromatic rings. The molecule has 1 rings (SSSR count). The molecule has 0 spiro atoms. The SMILES string of the molecule is Cc1ccc(C(C(=O)NC(C)(C)C)N(C(=O)C(CCC(N)=O)NC(=O)OC(C)(C)C)C(C)(C)C)cc1. The Kier molecular flexibility index (Phi) is 10.1. The summed E-state index contributed by atoms with van der Waals surface area (Å²) in [4.78, 5) is 53.3. The van der Waals surface area contributed by atoms with E-state index in [4.69, 9.17) is 10.5 Å². The molecule has 0 aliphatic carbocycles. The Morgan fingerprint density at radius 3 is 1.89 bits per heavy atom. The van der Waals surface area contributed by atoms with Crippen LogP contribution in [0.5, 0.6) is 0 Å². The van der Waals surface area contributed by atoms with Crippen molar-refractivity contribution in [1.82, 2.24) is 15.5 Å². The van der Waals surface area contributed by atoms with Gasteiger partial charge in [0.2, 0.25) is 17.7 Å². The molecule has 9 heteroatoms. The number of amides is 4. The van der Waals surface area contributed by atoms with Gasteiger partial charge in [0, 0.05) is 17.5 Å². The molecule has 9 nitrogen and oxygen atoms in total. The number of nitrogens with zero attached hydrogens (tertiary/aromatic N) is 1. The molecule has 2 atom stereocenters. The van der Waals surface area contributed by atoms with Gasteiger partial charge in [-0.05, 0) is 81.2 Å². The number of hydrogen-bond acceptors (Lipinski definition) is 5. The first-order valence-electron chi connectivity index (χ1n) is 12.2. The van der Waals surface area contributed by atoms with E-state index in [-0.39, 0.29) is 18.7 Å². The Labute approximate surface area is 215 Å². The molecule has 0 aliphatic rings. The third kappa shape index (κ3) is 10.3. The first kappa shape index (κ1) is 30.9. The van der Waals surface area contributed by atoms with Crippen molar-refractivity contribution >= 4 is 23.8 Å². The molecule has 0 aromatic heterocycles. The van der Waals surface area contributed by atoms with Crippen LogP contribution in [0.3, 0.4) is 0 Å². The lowest BCUT2D eigenvalue weighted by atomic mass is 9.93. The van der Waals surface area contributed by atoms with Crippen molar-refractivity contribution in [3.05, 3.63) is 35.4 Å². The van der Waals surface area contributed by atoms with Crippen LogP contribution in [0.2, 0.25) is 0 Å². The van der Waals surface area contributed by atoms with Crippen LogP contribution in [-0.4, -0.2) is 51.4 Å². The molecule has 0 fully saturated rings. The van der Waals surface area contributed by atoms with Crippen molar-refractivity contribution in [2.45, 2.75) is 111 Å². The van der Waals surface area contributed by atoms with Crippen LogP contribution in [-0.2, 0) is 19.1 Å². The topological polar surface area (TPSA) is 131 Å².